The zero-order valence-corrected chi connectivity index (χ0v) is 15.6. The van der Waals surface area contributed by atoms with Gasteiger partial charge in [-0.1, -0.05) is 36.4 Å². The van der Waals surface area contributed by atoms with Gasteiger partial charge >= 0.3 is 0 Å². The number of nitrogens with zero attached hydrogens (tertiary/aromatic N) is 2. The van der Waals surface area contributed by atoms with Gasteiger partial charge in [-0.2, -0.15) is 0 Å². The van der Waals surface area contributed by atoms with Crippen LogP contribution in [0.2, 0.25) is 0 Å². The summed E-state index contributed by atoms with van der Waals surface area (Å²) in [5.74, 6) is 0.643. The van der Waals surface area contributed by atoms with Crippen molar-refractivity contribution >= 4 is 5.91 Å². The predicted octanol–water partition coefficient (Wildman–Crippen LogP) is 3.60. The van der Waals surface area contributed by atoms with Crippen LogP contribution in [0.15, 0.2) is 54.7 Å². The summed E-state index contributed by atoms with van der Waals surface area (Å²) in [5.41, 5.74) is 2.31. The van der Waals surface area contributed by atoms with Gasteiger partial charge in [0.25, 0.3) is 0 Å². The van der Waals surface area contributed by atoms with Crippen molar-refractivity contribution in [2.45, 2.75) is 38.6 Å². The van der Waals surface area contributed by atoms with Crippen LogP contribution in [0.5, 0.6) is 0 Å². The molecule has 0 bridgehead atoms. The maximum absolute atomic E-state index is 12.3. The first kappa shape index (κ1) is 18.6. The zero-order chi connectivity index (χ0) is 18.2. The van der Waals surface area contributed by atoms with Crippen molar-refractivity contribution in [1.82, 2.24) is 15.2 Å². The van der Waals surface area contributed by atoms with Crippen LogP contribution in [-0.2, 0) is 11.2 Å². The molecule has 1 atom stereocenters. The number of nitrogens with one attached hydrogen (secondary N) is 1. The number of pyridine rings is 1. The maximum atomic E-state index is 12.3. The number of amides is 1. The van der Waals surface area contributed by atoms with Crippen molar-refractivity contribution in [3.05, 3.63) is 66.0 Å². The molecule has 1 aromatic heterocycles. The summed E-state index contributed by atoms with van der Waals surface area (Å²) < 4.78 is 0. The minimum Gasteiger partial charge on any atom is -0.348 e. The van der Waals surface area contributed by atoms with E-state index in [-0.39, 0.29) is 11.9 Å². The van der Waals surface area contributed by atoms with Gasteiger partial charge in [0.05, 0.1) is 11.7 Å². The SMILES string of the molecule is C[C@H](NC(=O)CC1CCN(CCc2ccccc2)CC1)c1ccccn1. The van der Waals surface area contributed by atoms with Crippen molar-refractivity contribution in [2.75, 3.05) is 19.6 Å². The lowest BCUT2D eigenvalue weighted by Crippen LogP contribution is -2.37. The fourth-order valence-corrected chi connectivity index (χ4v) is 3.61. The molecule has 138 valence electrons. The van der Waals surface area contributed by atoms with Crippen LogP contribution >= 0.6 is 0 Å². The molecular weight excluding hydrogens is 322 g/mol. The molecule has 0 unspecified atom stereocenters. The molecule has 2 aromatic rings. The average molecular weight is 351 g/mol. The van der Waals surface area contributed by atoms with E-state index in [0.717, 1.165) is 44.6 Å². The Kier molecular flexibility index (Phi) is 6.78. The van der Waals surface area contributed by atoms with E-state index in [4.69, 9.17) is 0 Å². The van der Waals surface area contributed by atoms with Gasteiger partial charge in [0.15, 0.2) is 0 Å². The second-order valence-corrected chi connectivity index (χ2v) is 7.27. The number of hydrogen-bond acceptors (Lipinski definition) is 3. The minimum absolute atomic E-state index is 0.0327. The highest BCUT2D eigenvalue weighted by atomic mass is 16.1. The lowest BCUT2D eigenvalue weighted by molar-refractivity contribution is -0.123. The summed E-state index contributed by atoms with van der Waals surface area (Å²) in [6, 6.07) is 16.4. The number of piperidine rings is 1. The molecular formula is C22H29N3O. The summed E-state index contributed by atoms with van der Waals surface area (Å²) in [6.07, 6.45) is 5.72. The predicted molar refractivity (Wildman–Crippen MR) is 105 cm³/mol. The van der Waals surface area contributed by atoms with Crippen LogP contribution in [0.25, 0.3) is 0 Å². The van der Waals surface area contributed by atoms with Crippen molar-refractivity contribution in [3.63, 3.8) is 0 Å². The summed E-state index contributed by atoms with van der Waals surface area (Å²) in [7, 11) is 0. The van der Waals surface area contributed by atoms with E-state index in [1.54, 1.807) is 6.20 Å². The number of rotatable bonds is 7. The molecule has 0 spiro atoms. The standard InChI is InChI=1S/C22H29N3O/c1-18(21-9-5-6-13-23-21)24-22(26)17-20-11-15-25(16-12-20)14-10-19-7-3-2-4-8-19/h2-9,13,18,20H,10-12,14-17H2,1H3,(H,24,26)/t18-/m0/s1. The summed E-state index contributed by atoms with van der Waals surface area (Å²) in [6.45, 7) is 5.30. The van der Waals surface area contributed by atoms with Crippen molar-refractivity contribution in [3.8, 4) is 0 Å². The lowest BCUT2D eigenvalue weighted by Gasteiger charge is -2.31. The average Bonchev–Trinajstić information content (AvgIpc) is 2.69. The Labute approximate surface area is 156 Å². The second-order valence-electron chi connectivity index (χ2n) is 7.27. The first-order valence-electron chi connectivity index (χ1n) is 9.67. The molecule has 26 heavy (non-hydrogen) atoms. The number of hydrogen-bond donors (Lipinski definition) is 1. The van der Waals surface area contributed by atoms with Crippen molar-refractivity contribution < 1.29 is 4.79 Å². The third-order valence-corrected chi connectivity index (χ3v) is 5.25. The molecule has 4 heteroatoms. The van der Waals surface area contributed by atoms with E-state index in [1.807, 2.05) is 25.1 Å². The number of carbonyl (C=O) groups excluding carboxylic acids is 1. The fourth-order valence-electron chi connectivity index (χ4n) is 3.61. The lowest BCUT2D eigenvalue weighted by atomic mass is 9.93. The molecule has 4 nitrogen and oxygen atoms in total. The third-order valence-electron chi connectivity index (χ3n) is 5.25. The molecule has 1 saturated heterocycles. The van der Waals surface area contributed by atoms with Crippen LogP contribution < -0.4 is 5.32 Å². The number of likely N-dealkylation sites (tertiary alicyclic amines) is 1. The van der Waals surface area contributed by atoms with Crippen LogP contribution in [-0.4, -0.2) is 35.4 Å². The Morgan fingerprint density at radius 2 is 1.88 bits per heavy atom. The van der Waals surface area contributed by atoms with E-state index in [1.165, 1.54) is 5.56 Å². The van der Waals surface area contributed by atoms with E-state index in [2.05, 4.69) is 45.5 Å². The molecule has 1 fully saturated rings. The fraction of sp³-hybridized carbons (Fsp3) is 0.455. The Bertz CT molecular complexity index is 666. The van der Waals surface area contributed by atoms with Gasteiger partial charge in [-0.25, -0.2) is 0 Å². The Hall–Kier alpha value is -2.20. The van der Waals surface area contributed by atoms with Gasteiger partial charge in [0, 0.05) is 19.2 Å². The number of aromatic nitrogens is 1. The van der Waals surface area contributed by atoms with Crippen molar-refractivity contribution in [1.29, 1.82) is 0 Å². The highest BCUT2D eigenvalue weighted by Gasteiger charge is 2.22. The van der Waals surface area contributed by atoms with Crippen LogP contribution in [0.1, 0.15) is 43.5 Å². The molecule has 1 amide bonds. The van der Waals surface area contributed by atoms with E-state index < -0.39 is 0 Å². The van der Waals surface area contributed by atoms with Crippen LogP contribution in [0, 0.1) is 5.92 Å². The summed E-state index contributed by atoms with van der Waals surface area (Å²) in [5, 5.41) is 3.09. The highest BCUT2D eigenvalue weighted by molar-refractivity contribution is 5.76. The van der Waals surface area contributed by atoms with Gasteiger partial charge in [-0.05, 0) is 62.9 Å². The largest absolute Gasteiger partial charge is 0.348 e. The molecule has 1 N–H and O–H groups in total. The topological polar surface area (TPSA) is 45.2 Å². The first-order chi connectivity index (χ1) is 12.7. The molecule has 3 rings (SSSR count). The maximum Gasteiger partial charge on any atom is 0.220 e. The molecule has 1 aliphatic heterocycles. The number of carbonyl (C=O) groups is 1. The van der Waals surface area contributed by atoms with E-state index in [9.17, 15) is 4.79 Å². The molecule has 0 saturated carbocycles. The van der Waals surface area contributed by atoms with Gasteiger partial charge in [-0.15, -0.1) is 0 Å². The van der Waals surface area contributed by atoms with Crippen LogP contribution in [0.4, 0.5) is 0 Å². The molecule has 2 heterocycles. The Morgan fingerprint density at radius 1 is 1.15 bits per heavy atom. The monoisotopic (exact) mass is 351 g/mol. The Balaban J connectivity index is 1.36. The molecule has 0 aliphatic carbocycles. The number of benzene rings is 1. The quantitative estimate of drug-likeness (QED) is 0.829. The van der Waals surface area contributed by atoms with Crippen molar-refractivity contribution in [2.24, 2.45) is 5.92 Å². The smallest absolute Gasteiger partial charge is 0.220 e. The minimum atomic E-state index is -0.0327. The van der Waals surface area contributed by atoms with Crippen LogP contribution in [0.3, 0.4) is 0 Å². The normalized spacial score (nSPS) is 17.0. The van der Waals surface area contributed by atoms with Gasteiger partial charge in [-0.3, -0.25) is 9.78 Å². The first-order valence-corrected chi connectivity index (χ1v) is 9.67. The Morgan fingerprint density at radius 3 is 2.58 bits per heavy atom. The van der Waals surface area contributed by atoms with Gasteiger partial charge in [0.1, 0.15) is 0 Å². The van der Waals surface area contributed by atoms with E-state index in [0.29, 0.717) is 12.3 Å². The zero-order valence-electron chi connectivity index (χ0n) is 15.6. The molecule has 1 aliphatic rings. The second kappa shape index (κ2) is 9.48. The third kappa shape index (κ3) is 5.67. The summed E-state index contributed by atoms with van der Waals surface area (Å²) >= 11 is 0. The highest BCUT2D eigenvalue weighted by Crippen LogP contribution is 2.21. The summed E-state index contributed by atoms with van der Waals surface area (Å²) in [4.78, 5) is 19.2. The van der Waals surface area contributed by atoms with Gasteiger partial charge < -0.3 is 10.2 Å². The van der Waals surface area contributed by atoms with Gasteiger partial charge in [0.2, 0.25) is 5.91 Å². The molecule has 0 radical (unpaired) electrons. The molecule has 1 aromatic carbocycles. The van der Waals surface area contributed by atoms with E-state index >= 15 is 0 Å².